The van der Waals surface area contributed by atoms with Gasteiger partial charge in [0.2, 0.25) is 11.8 Å². The maximum atomic E-state index is 12.7. The van der Waals surface area contributed by atoms with Crippen molar-refractivity contribution in [3.8, 4) is 0 Å². The predicted molar refractivity (Wildman–Crippen MR) is 118 cm³/mol. The van der Waals surface area contributed by atoms with E-state index < -0.39 is 0 Å². The van der Waals surface area contributed by atoms with E-state index in [0.717, 1.165) is 23.3 Å². The molecule has 3 aromatic heterocycles. The van der Waals surface area contributed by atoms with E-state index in [9.17, 15) is 14.4 Å². The number of H-pyrrole nitrogens is 1. The number of hydrogen-bond acceptors (Lipinski definition) is 7. The molecule has 2 N–H and O–H groups in total. The SMILES string of the molecule is Cc1sc2nc(CCC(=O)N3CCCC(C(=O)Nc4nccs4)C3)[nH]c(=O)c2c1C. The number of likely N-dealkylation sites (tertiary alicyclic amines) is 1. The number of aryl methyl sites for hydroxylation is 3. The van der Waals surface area contributed by atoms with Crippen molar-refractivity contribution in [2.45, 2.75) is 39.5 Å². The molecular weight excluding hydrogens is 422 g/mol. The van der Waals surface area contributed by atoms with E-state index in [1.807, 2.05) is 13.8 Å². The second kappa shape index (κ2) is 8.65. The first-order valence-electron chi connectivity index (χ1n) is 9.89. The number of hydrogen-bond donors (Lipinski definition) is 2. The highest BCUT2D eigenvalue weighted by atomic mass is 32.1. The number of aromatic nitrogens is 3. The first-order valence-corrected chi connectivity index (χ1v) is 11.6. The number of rotatable bonds is 5. The molecule has 0 saturated carbocycles. The number of anilines is 1. The van der Waals surface area contributed by atoms with Gasteiger partial charge in [-0.2, -0.15) is 0 Å². The van der Waals surface area contributed by atoms with Gasteiger partial charge in [-0.25, -0.2) is 9.97 Å². The average molecular weight is 446 g/mol. The molecule has 0 bridgehead atoms. The maximum absolute atomic E-state index is 12.7. The zero-order chi connectivity index (χ0) is 21.3. The van der Waals surface area contributed by atoms with Crippen LogP contribution in [0.25, 0.3) is 10.2 Å². The number of nitrogens with one attached hydrogen (secondary N) is 2. The molecule has 0 aliphatic carbocycles. The summed E-state index contributed by atoms with van der Waals surface area (Å²) in [5, 5.41) is 5.84. The summed E-state index contributed by atoms with van der Waals surface area (Å²) in [4.78, 5) is 52.6. The molecule has 0 radical (unpaired) electrons. The normalized spacial score (nSPS) is 16.7. The van der Waals surface area contributed by atoms with E-state index in [2.05, 4.69) is 20.3 Å². The Kier molecular flexibility index (Phi) is 5.96. The molecule has 4 heterocycles. The van der Waals surface area contributed by atoms with Crippen LogP contribution in [-0.2, 0) is 16.0 Å². The van der Waals surface area contributed by atoms with Crippen LogP contribution in [0.5, 0.6) is 0 Å². The van der Waals surface area contributed by atoms with Crippen molar-refractivity contribution in [3.63, 3.8) is 0 Å². The number of piperidine rings is 1. The van der Waals surface area contributed by atoms with Gasteiger partial charge in [0.05, 0.1) is 11.3 Å². The van der Waals surface area contributed by atoms with Gasteiger partial charge in [0, 0.05) is 42.4 Å². The fourth-order valence-electron chi connectivity index (χ4n) is 3.71. The van der Waals surface area contributed by atoms with Gasteiger partial charge in [-0.05, 0) is 32.3 Å². The predicted octanol–water partition coefficient (Wildman–Crippen LogP) is 2.87. The summed E-state index contributed by atoms with van der Waals surface area (Å²) < 4.78 is 0. The van der Waals surface area contributed by atoms with Gasteiger partial charge in [0.15, 0.2) is 5.13 Å². The Morgan fingerprint density at radius 2 is 2.20 bits per heavy atom. The zero-order valence-electron chi connectivity index (χ0n) is 16.9. The number of carbonyl (C=O) groups is 2. The molecule has 1 unspecified atom stereocenters. The molecule has 1 saturated heterocycles. The van der Waals surface area contributed by atoms with Crippen molar-refractivity contribution in [2.75, 3.05) is 18.4 Å². The number of carbonyl (C=O) groups excluding carboxylic acids is 2. The minimum atomic E-state index is -0.238. The lowest BCUT2D eigenvalue weighted by Crippen LogP contribution is -2.43. The molecular formula is C20H23N5O3S2. The fraction of sp³-hybridized carbons (Fsp3) is 0.450. The summed E-state index contributed by atoms with van der Waals surface area (Å²) in [6, 6.07) is 0. The third kappa shape index (κ3) is 4.29. The van der Waals surface area contributed by atoms with E-state index in [1.165, 1.54) is 22.7 Å². The Morgan fingerprint density at radius 3 is 2.97 bits per heavy atom. The van der Waals surface area contributed by atoms with Gasteiger partial charge in [-0.3, -0.25) is 14.4 Å². The highest BCUT2D eigenvalue weighted by Crippen LogP contribution is 2.26. The fourth-order valence-corrected chi connectivity index (χ4v) is 5.29. The molecule has 30 heavy (non-hydrogen) atoms. The van der Waals surface area contributed by atoms with Crippen molar-refractivity contribution in [3.05, 3.63) is 38.2 Å². The molecule has 2 amide bonds. The first kappa shape index (κ1) is 20.7. The lowest BCUT2D eigenvalue weighted by molar-refractivity contribution is -0.134. The molecule has 10 heteroatoms. The second-order valence-corrected chi connectivity index (χ2v) is 9.58. The van der Waals surface area contributed by atoms with Crippen LogP contribution in [0.4, 0.5) is 5.13 Å². The van der Waals surface area contributed by atoms with Crippen LogP contribution in [0.2, 0.25) is 0 Å². The Hall–Kier alpha value is -2.59. The van der Waals surface area contributed by atoms with Crippen molar-refractivity contribution >= 4 is 49.8 Å². The van der Waals surface area contributed by atoms with Crippen LogP contribution >= 0.6 is 22.7 Å². The molecule has 3 aromatic rings. The van der Waals surface area contributed by atoms with Gasteiger partial charge in [0.25, 0.3) is 5.56 Å². The molecule has 0 aromatic carbocycles. The third-order valence-electron chi connectivity index (χ3n) is 5.47. The monoisotopic (exact) mass is 445 g/mol. The molecule has 1 atom stereocenters. The Morgan fingerprint density at radius 1 is 1.37 bits per heavy atom. The number of thiazole rings is 1. The average Bonchev–Trinajstić information content (AvgIpc) is 3.34. The van der Waals surface area contributed by atoms with Crippen molar-refractivity contribution < 1.29 is 9.59 Å². The van der Waals surface area contributed by atoms with Crippen LogP contribution in [-0.4, -0.2) is 44.8 Å². The van der Waals surface area contributed by atoms with Crippen LogP contribution in [0.1, 0.15) is 35.5 Å². The van der Waals surface area contributed by atoms with Gasteiger partial charge in [0.1, 0.15) is 10.7 Å². The standard InChI is InChI=1S/C20H23N5O3S2/c1-11-12(2)30-19-16(11)18(28)22-14(23-19)5-6-15(26)25-8-3-4-13(10-25)17(27)24-20-21-7-9-29-20/h7,9,13H,3-6,8,10H2,1-2H3,(H,21,24,27)(H,22,23,28). The number of amides is 2. The van der Waals surface area contributed by atoms with E-state index in [-0.39, 0.29) is 29.7 Å². The molecule has 1 aliphatic rings. The minimum absolute atomic E-state index is 0.0250. The Bertz CT molecular complexity index is 1140. The zero-order valence-corrected chi connectivity index (χ0v) is 18.5. The largest absolute Gasteiger partial charge is 0.342 e. The van der Waals surface area contributed by atoms with E-state index in [1.54, 1.807) is 16.5 Å². The number of nitrogens with zero attached hydrogens (tertiary/aromatic N) is 3. The maximum Gasteiger partial charge on any atom is 0.259 e. The molecule has 158 valence electrons. The van der Waals surface area contributed by atoms with Crippen LogP contribution in [0.3, 0.4) is 0 Å². The first-order chi connectivity index (χ1) is 14.4. The summed E-state index contributed by atoms with van der Waals surface area (Å²) in [5.74, 6) is 0.167. The highest BCUT2D eigenvalue weighted by molar-refractivity contribution is 7.18. The topological polar surface area (TPSA) is 108 Å². The quantitative estimate of drug-likeness (QED) is 0.628. The summed E-state index contributed by atoms with van der Waals surface area (Å²) in [6.45, 7) is 4.95. The third-order valence-corrected chi connectivity index (χ3v) is 7.26. The molecule has 1 fully saturated rings. The van der Waals surface area contributed by atoms with Crippen LogP contribution in [0, 0.1) is 19.8 Å². The van der Waals surface area contributed by atoms with Gasteiger partial charge < -0.3 is 15.2 Å². The lowest BCUT2D eigenvalue weighted by atomic mass is 9.97. The Labute approximate surface area is 181 Å². The number of thiophene rings is 1. The van der Waals surface area contributed by atoms with E-state index in [0.29, 0.717) is 40.7 Å². The van der Waals surface area contributed by atoms with Crippen molar-refractivity contribution in [2.24, 2.45) is 5.92 Å². The summed E-state index contributed by atoms with van der Waals surface area (Å²) >= 11 is 2.87. The highest BCUT2D eigenvalue weighted by Gasteiger charge is 2.28. The van der Waals surface area contributed by atoms with Gasteiger partial charge in [-0.15, -0.1) is 22.7 Å². The van der Waals surface area contributed by atoms with Crippen molar-refractivity contribution in [1.29, 1.82) is 0 Å². The molecule has 0 spiro atoms. The summed E-state index contributed by atoms with van der Waals surface area (Å²) in [6.07, 6.45) is 3.80. The minimum Gasteiger partial charge on any atom is -0.342 e. The molecule has 4 rings (SSSR count). The van der Waals surface area contributed by atoms with Crippen LogP contribution in [0.15, 0.2) is 16.4 Å². The van der Waals surface area contributed by atoms with Gasteiger partial charge in [-0.1, -0.05) is 0 Å². The number of fused-ring (bicyclic) bond motifs is 1. The summed E-state index contributed by atoms with van der Waals surface area (Å²) in [5.41, 5.74) is 0.808. The Balaban J connectivity index is 1.37. The van der Waals surface area contributed by atoms with E-state index in [4.69, 9.17) is 0 Å². The van der Waals surface area contributed by atoms with Crippen molar-refractivity contribution in [1.82, 2.24) is 19.9 Å². The lowest BCUT2D eigenvalue weighted by Gasteiger charge is -2.32. The van der Waals surface area contributed by atoms with Crippen LogP contribution < -0.4 is 10.9 Å². The van der Waals surface area contributed by atoms with E-state index >= 15 is 0 Å². The number of aromatic amines is 1. The molecule has 1 aliphatic heterocycles. The smallest absolute Gasteiger partial charge is 0.259 e. The summed E-state index contributed by atoms with van der Waals surface area (Å²) in [7, 11) is 0. The van der Waals surface area contributed by atoms with Gasteiger partial charge >= 0.3 is 0 Å². The molecule has 8 nitrogen and oxygen atoms in total. The second-order valence-electron chi connectivity index (χ2n) is 7.48.